The summed E-state index contributed by atoms with van der Waals surface area (Å²) in [7, 11) is 10.4. The van der Waals surface area contributed by atoms with Gasteiger partial charge in [-0.2, -0.15) is 9.80 Å². The average Bonchev–Trinajstić information content (AvgIpc) is 3.90. The van der Waals surface area contributed by atoms with Crippen LogP contribution in [-0.4, -0.2) is 28.9 Å². The second kappa shape index (κ2) is 14.9. The van der Waals surface area contributed by atoms with Gasteiger partial charge in [-0.1, -0.05) is 59.7 Å². The fourth-order valence-electron chi connectivity index (χ4n) is 8.88. The molecule has 1 saturated carbocycles. The number of rotatable bonds is 3. The van der Waals surface area contributed by atoms with Gasteiger partial charge in [0.25, 0.3) is 6.67 Å². The molecule has 0 radical (unpaired) electrons. The molecule has 3 nitrogen and oxygen atoms in total. The van der Waals surface area contributed by atoms with Gasteiger partial charge in [0, 0.05) is 5.92 Å². The van der Waals surface area contributed by atoms with Crippen molar-refractivity contribution >= 4 is 43.7 Å². The van der Waals surface area contributed by atoms with Crippen LogP contribution in [0.1, 0.15) is 45.4 Å². The Labute approximate surface area is 316 Å². The number of fused-ring (bicyclic) bond motifs is 6. The minimum atomic E-state index is -2.71. The SMILES string of the molecule is Cc1cc(C)c(N2[CH+]N(c3c(C)cc(C)cc3C)CC2)c(C)c1.O[C@@H]1C=C[C@H]2C3C=CC(C3)[C@@H]12.[Cl][Ru]1([Cl])=[CH]c2ccccc2[S]=1c1ccccc1. The van der Waals surface area contributed by atoms with Crippen LogP contribution in [0.2, 0.25) is 0 Å². The Morgan fingerprint density at radius 2 is 1.22 bits per heavy atom. The van der Waals surface area contributed by atoms with Crippen molar-refractivity contribution in [1.82, 2.24) is 0 Å². The van der Waals surface area contributed by atoms with Gasteiger partial charge in [-0.05, 0) is 88.0 Å². The average molecular weight is 826 g/mol. The van der Waals surface area contributed by atoms with E-state index in [2.05, 4.69) is 135 Å². The molecule has 0 amide bonds. The van der Waals surface area contributed by atoms with Gasteiger partial charge in [-0.3, -0.25) is 0 Å². The van der Waals surface area contributed by atoms with Gasteiger partial charge in [0.1, 0.15) is 0 Å². The fraction of sp³-hybridized carbons (Fsp3) is 0.318. The summed E-state index contributed by atoms with van der Waals surface area (Å²) in [6, 6.07) is 27.8. The third-order valence-electron chi connectivity index (χ3n) is 10.7. The summed E-state index contributed by atoms with van der Waals surface area (Å²) in [5.41, 5.74) is 12.1. The molecule has 268 valence electrons. The second-order valence-corrected chi connectivity index (χ2v) is 30.9. The van der Waals surface area contributed by atoms with E-state index in [0.717, 1.165) is 19.0 Å². The number of nitrogens with zero attached hydrogens (tertiary/aromatic N) is 2. The van der Waals surface area contributed by atoms with E-state index in [1.54, 1.807) is 0 Å². The number of hydrogen-bond acceptors (Lipinski definition) is 3. The van der Waals surface area contributed by atoms with Gasteiger partial charge in [0.15, 0.2) is 0 Å². The van der Waals surface area contributed by atoms with Crippen LogP contribution in [0.3, 0.4) is 0 Å². The first-order chi connectivity index (χ1) is 24.4. The van der Waals surface area contributed by atoms with Crippen LogP contribution >= 0.6 is 27.8 Å². The maximum atomic E-state index is 9.60. The molecule has 2 bridgehead atoms. The zero-order valence-corrected chi connectivity index (χ0v) is 34.4. The van der Waals surface area contributed by atoms with Gasteiger partial charge >= 0.3 is 113 Å². The molecule has 4 aromatic rings. The molecule has 2 fully saturated rings. The zero-order valence-electron chi connectivity index (χ0n) is 30.3. The van der Waals surface area contributed by atoms with E-state index in [4.69, 9.17) is 19.4 Å². The van der Waals surface area contributed by atoms with Crippen LogP contribution < -0.4 is 9.80 Å². The first-order valence-electron chi connectivity index (χ1n) is 17.9. The number of benzene rings is 4. The van der Waals surface area contributed by atoms with Crippen molar-refractivity contribution in [1.29, 1.82) is 0 Å². The normalized spacial score (nSPS) is 26.4. The number of aliphatic hydroxyl groups is 1. The first kappa shape index (κ1) is 36.6. The Kier molecular flexibility index (Phi) is 10.7. The molecule has 7 heteroatoms. The predicted octanol–water partition coefficient (Wildman–Crippen LogP) is 11.3. The van der Waals surface area contributed by atoms with Crippen molar-refractivity contribution in [3.05, 3.63) is 149 Å². The number of aliphatic hydroxyl groups excluding tert-OH is 1. The van der Waals surface area contributed by atoms with Crippen molar-refractivity contribution in [2.45, 2.75) is 63.9 Å². The minimum absolute atomic E-state index is 0.131. The topological polar surface area (TPSA) is 26.7 Å². The van der Waals surface area contributed by atoms with E-state index in [9.17, 15) is 5.11 Å². The molecule has 1 saturated heterocycles. The number of allylic oxidation sites excluding steroid dienone is 3. The van der Waals surface area contributed by atoms with E-state index < -0.39 is 10.6 Å². The molecule has 2 heterocycles. The maximum absolute atomic E-state index is 9.60. The molecule has 3 unspecified atom stereocenters. The summed E-state index contributed by atoms with van der Waals surface area (Å²) >= 11 is 0. The molecule has 1 N–H and O–H groups in total. The van der Waals surface area contributed by atoms with Crippen LogP contribution in [0.15, 0.2) is 113 Å². The number of hydrogen-bond donors (Lipinski definition) is 1. The van der Waals surface area contributed by atoms with E-state index in [0.29, 0.717) is 17.8 Å². The number of halogens is 2. The molecule has 0 spiro atoms. The molecule has 51 heavy (non-hydrogen) atoms. The summed E-state index contributed by atoms with van der Waals surface area (Å²) in [5, 5.41) is 9.60. The molecule has 5 aliphatic rings. The Morgan fingerprint density at radius 3 is 1.78 bits per heavy atom. The van der Waals surface area contributed by atoms with Gasteiger partial charge in [-0.25, -0.2) is 0 Å². The number of anilines is 2. The Hall–Kier alpha value is -2.79. The quantitative estimate of drug-likeness (QED) is 0.127. The van der Waals surface area contributed by atoms with Crippen molar-refractivity contribution < 1.29 is 15.7 Å². The van der Waals surface area contributed by atoms with Crippen LogP contribution in [-0.2, 0) is 10.6 Å². The monoisotopic (exact) mass is 825 g/mol. The van der Waals surface area contributed by atoms with Crippen molar-refractivity contribution in [2.75, 3.05) is 22.9 Å². The summed E-state index contributed by atoms with van der Waals surface area (Å²) in [6.07, 6.45) is 9.94. The molecule has 6 atom stereocenters. The van der Waals surface area contributed by atoms with E-state index in [1.165, 1.54) is 66.5 Å². The Balaban J connectivity index is 0.000000127. The molecule has 3 aliphatic carbocycles. The van der Waals surface area contributed by atoms with Crippen LogP contribution in [0, 0.1) is 71.9 Å². The molecule has 2 aliphatic heterocycles. The van der Waals surface area contributed by atoms with E-state index in [-0.39, 0.29) is 14.5 Å². The summed E-state index contributed by atoms with van der Waals surface area (Å²) in [6.45, 7) is 17.6. The molecular weight excluding hydrogens is 777 g/mol. The van der Waals surface area contributed by atoms with Crippen molar-refractivity contribution in [3.63, 3.8) is 0 Å². The van der Waals surface area contributed by atoms with E-state index >= 15 is 0 Å². The van der Waals surface area contributed by atoms with Gasteiger partial charge in [-0.15, -0.1) is 0 Å². The van der Waals surface area contributed by atoms with Gasteiger partial charge < -0.3 is 5.11 Å². The standard InChI is InChI=1S/C21H27N2.C13H10S.C10H12O.2ClH.Ru/c1-14-9-16(3)20(17(4)10-14)22-7-8-23(13-22)21-18(5)11-15(2)12-19(21)6;1-11-7-5-6-10-13(11)14-12-8-3-2-4-9-12;11-9-4-3-8-6-1-2-7(5-6)10(8)9;;;/h9-13H,7-8H2,1-6H3;1-10H;1-4,6-11H,5H2;2*1H;/q+1;;;;;+2/p-2/t;;6?,7?,8-,9+,10+;;;/m..0.../s1. The predicted molar refractivity (Wildman–Crippen MR) is 217 cm³/mol. The molecule has 4 aromatic carbocycles. The Morgan fingerprint density at radius 1 is 0.686 bits per heavy atom. The fourth-order valence-corrected chi connectivity index (χ4v) is 23.1. The second-order valence-electron chi connectivity index (χ2n) is 14.6. The molecule has 9 rings (SSSR count). The Bertz CT molecular complexity index is 2030. The third kappa shape index (κ3) is 7.40. The summed E-state index contributed by atoms with van der Waals surface area (Å²) < 4.78 is 2.12. The zero-order chi connectivity index (χ0) is 36.0. The molecule has 0 aromatic heterocycles. The van der Waals surface area contributed by atoms with Gasteiger partial charge in [0.2, 0.25) is 0 Å². The third-order valence-corrected chi connectivity index (χ3v) is 24.1. The van der Waals surface area contributed by atoms with Crippen molar-refractivity contribution in [3.8, 4) is 0 Å². The van der Waals surface area contributed by atoms with Gasteiger partial charge in [0.05, 0.1) is 30.6 Å². The first-order valence-corrected chi connectivity index (χ1v) is 26.6. The summed E-state index contributed by atoms with van der Waals surface area (Å²) in [4.78, 5) is 7.37. The van der Waals surface area contributed by atoms with Crippen molar-refractivity contribution in [2.24, 2.45) is 23.7 Å². The number of aryl methyl sites for hydroxylation is 6. The molecular formula is C44H49Cl2N2ORuS+. The van der Waals surface area contributed by atoms with Crippen LogP contribution in [0.4, 0.5) is 11.4 Å². The van der Waals surface area contributed by atoms with E-state index in [1.807, 2.05) is 30.3 Å². The van der Waals surface area contributed by atoms with Crippen LogP contribution in [0.25, 0.3) is 0 Å². The summed E-state index contributed by atoms with van der Waals surface area (Å²) in [5.74, 6) is 2.62. The van der Waals surface area contributed by atoms with Crippen LogP contribution in [0.5, 0.6) is 0 Å².